The van der Waals surface area contributed by atoms with Crippen LogP contribution in [0.2, 0.25) is 0 Å². The molecule has 0 aromatic carbocycles. The molecule has 0 bridgehead atoms. The van der Waals surface area contributed by atoms with Gasteiger partial charge in [0.25, 0.3) is 0 Å². The molecule has 1 aliphatic rings. The van der Waals surface area contributed by atoms with Crippen LogP contribution in [0.4, 0.5) is 0 Å². The predicted octanol–water partition coefficient (Wildman–Crippen LogP) is 1.26. The molecule has 3 nitrogen and oxygen atoms in total. The summed E-state index contributed by atoms with van der Waals surface area (Å²) < 4.78 is 5.62. The van der Waals surface area contributed by atoms with Crippen molar-refractivity contribution in [2.75, 3.05) is 13.2 Å². The summed E-state index contributed by atoms with van der Waals surface area (Å²) in [5.41, 5.74) is 0. The minimum Gasteiger partial charge on any atom is -0.392 e. The average molecular weight is 201 g/mol. The summed E-state index contributed by atoms with van der Waals surface area (Å²) >= 11 is 0. The lowest BCUT2D eigenvalue weighted by molar-refractivity contribution is -0.0866. The van der Waals surface area contributed by atoms with E-state index in [0.29, 0.717) is 12.1 Å². The molecule has 1 saturated heterocycles. The van der Waals surface area contributed by atoms with Gasteiger partial charge < -0.3 is 9.84 Å². The predicted molar refractivity (Wildman–Crippen MR) is 57.3 cm³/mol. The van der Waals surface area contributed by atoms with E-state index in [0.717, 1.165) is 19.6 Å². The smallest absolute Gasteiger partial charge is 0.0674 e. The summed E-state index contributed by atoms with van der Waals surface area (Å²) in [7, 11) is 0. The lowest BCUT2D eigenvalue weighted by Gasteiger charge is -2.42. The van der Waals surface area contributed by atoms with Crippen molar-refractivity contribution in [3.8, 4) is 0 Å². The Kier molecular flexibility index (Phi) is 4.35. The molecule has 84 valence electrons. The van der Waals surface area contributed by atoms with Gasteiger partial charge in [-0.2, -0.15) is 0 Å². The molecule has 1 aliphatic heterocycles. The number of hydrogen-bond donors (Lipinski definition) is 1. The Balaban J connectivity index is 2.60. The maximum atomic E-state index is 9.59. The summed E-state index contributed by atoms with van der Waals surface area (Å²) in [6.07, 6.45) is 1.11. The van der Waals surface area contributed by atoms with Crippen LogP contribution in [0.3, 0.4) is 0 Å². The highest BCUT2D eigenvalue weighted by atomic mass is 16.5. The summed E-state index contributed by atoms with van der Waals surface area (Å²) in [5, 5.41) is 9.59. The first kappa shape index (κ1) is 12.0. The van der Waals surface area contributed by atoms with E-state index in [1.165, 1.54) is 0 Å². The number of hydrogen-bond acceptors (Lipinski definition) is 3. The zero-order valence-electron chi connectivity index (χ0n) is 9.73. The van der Waals surface area contributed by atoms with Crippen LogP contribution in [-0.4, -0.2) is 47.4 Å². The normalized spacial score (nSPS) is 34.1. The molecule has 3 heteroatoms. The minimum absolute atomic E-state index is 0.228. The van der Waals surface area contributed by atoms with Crippen molar-refractivity contribution < 1.29 is 9.84 Å². The van der Waals surface area contributed by atoms with Gasteiger partial charge in [0.2, 0.25) is 0 Å². The summed E-state index contributed by atoms with van der Waals surface area (Å²) in [5.74, 6) is 0. The molecule has 4 unspecified atom stereocenters. The van der Waals surface area contributed by atoms with Crippen LogP contribution in [0, 0.1) is 0 Å². The molecule has 0 radical (unpaired) electrons. The lowest BCUT2D eigenvalue weighted by Crippen LogP contribution is -2.55. The van der Waals surface area contributed by atoms with E-state index in [1.54, 1.807) is 0 Å². The fraction of sp³-hybridized carbons (Fsp3) is 1.00. The van der Waals surface area contributed by atoms with Gasteiger partial charge in [-0.1, -0.05) is 6.92 Å². The Morgan fingerprint density at radius 2 is 2.14 bits per heavy atom. The first-order valence-electron chi connectivity index (χ1n) is 5.61. The second-order valence-corrected chi connectivity index (χ2v) is 4.38. The van der Waals surface area contributed by atoms with Crippen LogP contribution in [0.1, 0.15) is 34.1 Å². The molecule has 14 heavy (non-hydrogen) atoms. The fourth-order valence-electron chi connectivity index (χ4n) is 2.00. The van der Waals surface area contributed by atoms with E-state index < -0.39 is 0 Å². The van der Waals surface area contributed by atoms with E-state index in [4.69, 9.17) is 4.74 Å². The van der Waals surface area contributed by atoms with Gasteiger partial charge in [-0.05, 0) is 27.2 Å². The van der Waals surface area contributed by atoms with E-state index in [9.17, 15) is 5.11 Å². The highest BCUT2D eigenvalue weighted by molar-refractivity contribution is 4.83. The van der Waals surface area contributed by atoms with Crippen LogP contribution in [0.5, 0.6) is 0 Å². The summed E-state index contributed by atoms with van der Waals surface area (Å²) in [4.78, 5) is 2.37. The molecule has 0 aromatic heterocycles. The highest BCUT2D eigenvalue weighted by Gasteiger charge is 2.30. The molecule has 1 rings (SSSR count). The molecule has 4 atom stereocenters. The Bertz CT molecular complexity index is 171. The standard InChI is InChI=1S/C11H23NO2/c1-5-11-7-14-8(2)6-12(11)9(3)10(4)13/h8-11,13H,5-7H2,1-4H3. The van der Waals surface area contributed by atoms with E-state index >= 15 is 0 Å². The maximum absolute atomic E-state index is 9.59. The van der Waals surface area contributed by atoms with Crippen LogP contribution < -0.4 is 0 Å². The van der Waals surface area contributed by atoms with Gasteiger partial charge in [0.15, 0.2) is 0 Å². The summed E-state index contributed by atoms with van der Waals surface area (Å²) in [6.45, 7) is 9.95. The molecule has 0 saturated carbocycles. The molecule has 0 aromatic rings. The second kappa shape index (κ2) is 5.10. The third-order valence-corrected chi connectivity index (χ3v) is 3.20. The minimum atomic E-state index is -0.269. The Hall–Kier alpha value is -0.120. The van der Waals surface area contributed by atoms with Crippen molar-refractivity contribution in [1.82, 2.24) is 4.90 Å². The summed E-state index contributed by atoms with van der Waals surface area (Å²) in [6, 6.07) is 0.696. The second-order valence-electron chi connectivity index (χ2n) is 4.38. The fourth-order valence-corrected chi connectivity index (χ4v) is 2.00. The van der Waals surface area contributed by atoms with Gasteiger partial charge >= 0.3 is 0 Å². The van der Waals surface area contributed by atoms with Gasteiger partial charge in [0, 0.05) is 18.6 Å². The molecule has 1 N–H and O–H groups in total. The zero-order chi connectivity index (χ0) is 10.7. The van der Waals surface area contributed by atoms with Crippen LogP contribution in [0.25, 0.3) is 0 Å². The number of aliphatic hydroxyl groups is 1. The van der Waals surface area contributed by atoms with Crippen LogP contribution in [0.15, 0.2) is 0 Å². The SMILES string of the molecule is CCC1COC(C)CN1C(C)C(C)O. The molecule has 1 fully saturated rings. The highest BCUT2D eigenvalue weighted by Crippen LogP contribution is 2.18. The number of morpholine rings is 1. The topological polar surface area (TPSA) is 32.7 Å². The Morgan fingerprint density at radius 1 is 1.50 bits per heavy atom. The van der Waals surface area contributed by atoms with Crippen LogP contribution in [-0.2, 0) is 4.74 Å². The molecular formula is C11H23NO2. The first-order chi connectivity index (χ1) is 6.56. The van der Waals surface area contributed by atoms with Crippen molar-refractivity contribution in [3.63, 3.8) is 0 Å². The van der Waals surface area contributed by atoms with Gasteiger partial charge in [-0.15, -0.1) is 0 Å². The van der Waals surface area contributed by atoms with E-state index in [-0.39, 0.29) is 12.1 Å². The molecular weight excluding hydrogens is 178 g/mol. The van der Waals surface area contributed by atoms with E-state index in [2.05, 4.69) is 25.7 Å². The third-order valence-electron chi connectivity index (χ3n) is 3.20. The average Bonchev–Trinajstić information content (AvgIpc) is 2.16. The van der Waals surface area contributed by atoms with Crippen molar-refractivity contribution in [2.24, 2.45) is 0 Å². The Morgan fingerprint density at radius 3 is 2.64 bits per heavy atom. The Labute approximate surface area is 87.1 Å². The van der Waals surface area contributed by atoms with Crippen molar-refractivity contribution in [2.45, 2.75) is 58.4 Å². The van der Waals surface area contributed by atoms with E-state index in [1.807, 2.05) is 6.92 Å². The zero-order valence-corrected chi connectivity index (χ0v) is 9.73. The first-order valence-corrected chi connectivity index (χ1v) is 5.61. The lowest BCUT2D eigenvalue weighted by atomic mass is 10.1. The molecule has 0 aliphatic carbocycles. The van der Waals surface area contributed by atoms with Crippen molar-refractivity contribution in [3.05, 3.63) is 0 Å². The van der Waals surface area contributed by atoms with Crippen molar-refractivity contribution >= 4 is 0 Å². The molecule has 0 amide bonds. The number of ether oxygens (including phenoxy) is 1. The quantitative estimate of drug-likeness (QED) is 0.746. The monoisotopic (exact) mass is 201 g/mol. The van der Waals surface area contributed by atoms with Crippen LogP contribution >= 0.6 is 0 Å². The number of nitrogens with zero attached hydrogens (tertiary/aromatic N) is 1. The number of aliphatic hydroxyl groups excluding tert-OH is 1. The van der Waals surface area contributed by atoms with Gasteiger partial charge in [-0.25, -0.2) is 0 Å². The van der Waals surface area contributed by atoms with Gasteiger partial charge in [-0.3, -0.25) is 4.90 Å². The van der Waals surface area contributed by atoms with Gasteiger partial charge in [0.05, 0.1) is 18.8 Å². The molecule has 1 heterocycles. The largest absolute Gasteiger partial charge is 0.392 e. The van der Waals surface area contributed by atoms with Crippen molar-refractivity contribution in [1.29, 1.82) is 0 Å². The number of rotatable bonds is 3. The molecule has 0 spiro atoms. The maximum Gasteiger partial charge on any atom is 0.0674 e. The van der Waals surface area contributed by atoms with Gasteiger partial charge in [0.1, 0.15) is 0 Å². The third kappa shape index (κ3) is 2.69.